The van der Waals surface area contributed by atoms with Crippen LogP contribution in [0, 0.1) is 0 Å². The summed E-state index contributed by atoms with van der Waals surface area (Å²) in [5.74, 6) is 2.09. The number of allylic oxidation sites excluding steroid dienone is 1. The van der Waals surface area contributed by atoms with Gasteiger partial charge in [-0.3, -0.25) is 0 Å². The van der Waals surface area contributed by atoms with Crippen LogP contribution in [0.3, 0.4) is 0 Å². The van der Waals surface area contributed by atoms with Crippen LogP contribution in [0.5, 0.6) is 11.5 Å². The standard InChI is InChI=1S/C21H19Cl2N3O2/c1-12-8-14-10-18(27-2)19(28-3)11-15(14)20(26(12)21-24-6-7-25-21)13-4-5-16(22)17(23)9-13/h4-11,20H,1-3H3,(H,24,25). The van der Waals surface area contributed by atoms with Crippen molar-refractivity contribution in [1.82, 2.24) is 9.97 Å². The van der Waals surface area contributed by atoms with E-state index in [1.807, 2.05) is 37.3 Å². The van der Waals surface area contributed by atoms with Crippen LogP contribution in [-0.2, 0) is 0 Å². The van der Waals surface area contributed by atoms with Crippen molar-refractivity contribution in [3.63, 3.8) is 0 Å². The van der Waals surface area contributed by atoms with E-state index in [-0.39, 0.29) is 6.04 Å². The number of methoxy groups -OCH3 is 2. The maximum Gasteiger partial charge on any atom is 0.207 e. The molecule has 0 spiro atoms. The van der Waals surface area contributed by atoms with Crippen LogP contribution in [0.1, 0.15) is 29.7 Å². The first kappa shape index (κ1) is 18.7. The summed E-state index contributed by atoms with van der Waals surface area (Å²) < 4.78 is 11.0. The number of nitrogens with one attached hydrogen (secondary N) is 1. The first-order valence-corrected chi connectivity index (χ1v) is 9.47. The molecule has 5 nitrogen and oxygen atoms in total. The van der Waals surface area contributed by atoms with Crippen LogP contribution in [0.25, 0.3) is 6.08 Å². The number of anilines is 1. The van der Waals surface area contributed by atoms with E-state index in [1.54, 1.807) is 26.6 Å². The summed E-state index contributed by atoms with van der Waals surface area (Å²) >= 11 is 12.5. The largest absolute Gasteiger partial charge is 0.493 e. The molecule has 3 aromatic rings. The van der Waals surface area contributed by atoms with Gasteiger partial charge in [-0.1, -0.05) is 29.3 Å². The summed E-state index contributed by atoms with van der Waals surface area (Å²) in [5, 5.41) is 1.03. The van der Waals surface area contributed by atoms with E-state index in [0.717, 1.165) is 28.3 Å². The van der Waals surface area contributed by atoms with E-state index in [4.69, 9.17) is 32.7 Å². The minimum Gasteiger partial charge on any atom is -0.493 e. The van der Waals surface area contributed by atoms with Crippen molar-refractivity contribution in [2.75, 3.05) is 19.1 Å². The van der Waals surface area contributed by atoms with Gasteiger partial charge in [-0.15, -0.1) is 0 Å². The van der Waals surface area contributed by atoms with E-state index < -0.39 is 0 Å². The van der Waals surface area contributed by atoms with Crippen LogP contribution in [0.15, 0.2) is 48.4 Å². The first-order chi connectivity index (χ1) is 13.5. The minimum atomic E-state index is -0.166. The van der Waals surface area contributed by atoms with Crippen molar-refractivity contribution in [1.29, 1.82) is 0 Å². The van der Waals surface area contributed by atoms with Crippen molar-refractivity contribution < 1.29 is 9.47 Å². The number of ether oxygens (including phenoxy) is 2. The highest BCUT2D eigenvalue weighted by atomic mass is 35.5. The van der Waals surface area contributed by atoms with Crippen molar-refractivity contribution >= 4 is 35.2 Å². The SMILES string of the molecule is COc1cc2c(cc1OC)C(c1ccc(Cl)c(Cl)c1)N(c1ncc[nH]1)C(C)=C2. The van der Waals surface area contributed by atoms with Gasteiger partial charge in [0, 0.05) is 18.1 Å². The molecule has 28 heavy (non-hydrogen) atoms. The third kappa shape index (κ3) is 3.11. The molecule has 144 valence electrons. The van der Waals surface area contributed by atoms with Crippen LogP contribution < -0.4 is 14.4 Å². The first-order valence-electron chi connectivity index (χ1n) is 8.71. The average molecular weight is 416 g/mol. The number of aromatic nitrogens is 2. The Morgan fingerprint density at radius 2 is 1.79 bits per heavy atom. The van der Waals surface area contributed by atoms with Gasteiger partial charge in [0.2, 0.25) is 5.95 Å². The number of hydrogen-bond donors (Lipinski definition) is 1. The highest BCUT2D eigenvalue weighted by Crippen LogP contribution is 2.45. The zero-order valence-corrected chi connectivity index (χ0v) is 17.2. The molecule has 0 amide bonds. The van der Waals surface area contributed by atoms with E-state index in [1.165, 1.54) is 0 Å². The Morgan fingerprint density at radius 3 is 2.43 bits per heavy atom. The van der Waals surface area contributed by atoms with Crippen LogP contribution in [0.2, 0.25) is 10.0 Å². The number of H-pyrrole nitrogens is 1. The fraction of sp³-hybridized carbons (Fsp3) is 0.190. The summed E-state index contributed by atoms with van der Waals surface area (Å²) in [4.78, 5) is 9.81. The highest BCUT2D eigenvalue weighted by Gasteiger charge is 2.32. The number of nitrogens with zero attached hydrogens (tertiary/aromatic N) is 2. The molecule has 0 saturated heterocycles. The summed E-state index contributed by atoms with van der Waals surface area (Å²) in [5.41, 5.74) is 4.13. The average Bonchev–Trinajstić information content (AvgIpc) is 3.22. The van der Waals surface area contributed by atoms with E-state index in [0.29, 0.717) is 21.5 Å². The molecule has 7 heteroatoms. The Morgan fingerprint density at radius 1 is 1.04 bits per heavy atom. The molecule has 0 saturated carbocycles. The Bertz CT molecular complexity index is 1050. The van der Waals surface area contributed by atoms with Gasteiger partial charge in [0.25, 0.3) is 0 Å². The van der Waals surface area contributed by atoms with Crippen LogP contribution in [-0.4, -0.2) is 24.2 Å². The Kier molecular flexibility index (Phi) is 4.96. The lowest BCUT2D eigenvalue weighted by atomic mass is 9.89. The summed E-state index contributed by atoms with van der Waals surface area (Å²) in [6.07, 6.45) is 5.64. The third-order valence-electron chi connectivity index (χ3n) is 4.86. The fourth-order valence-electron chi connectivity index (χ4n) is 3.60. The maximum absolute atomic E-state index is 6.34. The van der Waals surface area contributed by atoms with Gasteiger partial charge >= 0.3 is 0 Å². The zero-order valence-electron chi connectivity index (χ0n) is 15.7. The third-order valence-corrected chi connectivity index (χ3v) is 5.60. The predicted octanol–water partition coefficient (Wildman–Crippen LogP) is 5.70. The Balaban J connectivity index is 1.97. The second-order valence-corrected chi connectivity index (χ2v) is 7.30. The molecule has 1 aliphatic heterocycles. The van der Waals surface area contributed by atoms with E-state index >= 15 is 0 Å². The monoisotopic (exact) mass is 415 g/mol. The molecule has 1 aromatic heterocycles. The van der Waals surface area contributed by atoms with Gasteiger partial charge in [-0.25, -0.2) is 4.98 Å². The number of hydrogen-bond acceptors (Lipinski definition) is 4. The van der Waals surface area contributed by atoms with Crippen LogP contribution in [0.4, 0.5) is 5.95 Å². The Labute approximate surface area is 173 Å². The fourth-order valence-corrected chi connectivity index (χ4v) is 3.91. The van der Waals surface area contributed by atoms with Gasteiger partial charge in [-0.05, 0) is 54.0 Å². The summed E-state index contributed by atoms with van der Waals surface area (Å²) in [6, 6.07) is 9.51. The molecule has 0 bridgehead atoms. The van der Waals surface area contributed by atoms with Crippen molar-refractivity contribution in [2.24, 2.45) is 0 Å². The molecule has 0 aliphatic carbocycles. The van der Waals surface area contributed by atoms with Crippen molar-refractivity contribution in [2.45, 2.75) is 13.0 Å². The lowest BCUT2D eigenvalue weighted by Gasteiger charge is -2.37. The molecular weight excluding hydrogens is 397 g/mol. The number of benzene rings is 2. The number of aromatic amines is 1. The Hall–Kier alpha value is -2.63. The molecule has 2 aromatic carbocycles. The smallest absolute Gasteiger partial charge is 0.207 e. The maximum atomic E-state index is 6.34. The molecule has 1 aliphatic rings. The number of fused-ring (bicyclic) bond motifs is 1. The van der Waals surface area contributed by atoms with Gasteiger partial charge in [0.1, 0.15) is 0 Å². The zero-order chi connectivity index (χ0) is 19.8. The lowest BCUT2D eigenvalue weighted by Crippen LogP contribution is -2.32. The van der Waals surface area contributed by atoms with E-state index in [9.17, 15) is 0 Å². The molecule has 0 fully saturated rings. The van der Waals surface area contributed by atoms with Gasteiger partial charge < -0.3 is 19.4 Å². The van der Waals surface area contributed by atoms with E-state index in [2.05, 4.69) is 20.9 Å². The summed E-state index contributed by atoms with van der Waals surface area (Å²) in [7, 11) is 3.27. The van der Waals surface area contributed by atoms with Gasteiger partial charge in [-0.2, -0.15) is 0 Å². The molecule has 1 atom stereocenters. The van der Waals surface area contributed by atoms with Crippen LogP contribution >= 0.6 is 23.2 Å². The van der Waals surface area contributed by atoms with Crippen molar-refractivity contribution in [3.05, 3.63) is 75.2 Å². The van der Waals surface area contributed by atoms with Gasteiger partial charge in [0.05, 0.1) is 30.3 Å². The second kappa shape index (κ2) is 7.41. The highest BCUT2D eigenvalue weighted by molar-refractivity contribution is 6.42. The molecule has 4 rings (SSSR count). The number of rotatable bonds is 4. The summed E-state index contributed by atoms with van der Waals surface area (Å²) in [6.45, 7) is 2.05. The minimum absolute atomic E-state index is 0.166. The topological polar surface area (TPSA) is 50.4 Å². The van der Waals surface area contributed by atoms with Crippen molar-refractivity contribution in [3.8, 4) is 11.5 Å². The lowest BCUT2D eigenvalue weighted by molar-refractivity contribution is 0.354. The quantitative estimate of drug-likeness (QED) is 0.593. The molecule has 0 radical (unpaired) electrons. The number of imidazole rings is 1. The molecular formula is C21H19Cl2N3O2. The molecule has 2 heterocycles. The number of halogens is 2. The predicted molar refractivity (Wildman–Crippen MR) is 113 cm³/mol. The van der Waals surface area contributed by atoms with Gasteiger partial charge in [0.15, 0.2) is 11.5 Å². The molecule has 1 unspecified atom stereocenters. The second-order valence-electron chi connectivity index (χ2n) is 6.48. The normalized spacial score (nSPS) is 15.8. The molecule has 1 N–H and O–H groups in total.